The molecule has 0 aliphatic rings. The maximum Gasteiger partial charge on any atom is 0.220 e. The van der Waals surface area contributed by atoms with E-state index < -0.39 is 0 Å². The molecule has 5 nitrogen and oxygen atoms in total. The highest BCUT2D eigenvalue weighted by molar-refractivity contribution is 14.2. The van der Waals surface area contributed by atoms with Gasteiger partial charge in [-0.3, -0.25) is 0 Å². The summed E-state index contributed by atoms with van der Waals surface area (Å²) in [6, 6.07) is 6.04. The van der Waals surface area contributed by atoms with Gasteiger partial charge in [0.05, 0.1) is 18.1 Å². The molecule has 2 heterocycles. The van der Waals surface area contributed by atoms with Crippen molar-refractivity contribution < 1.29 is 0 Å². The predicted molar refractivity (Wildman–Crippen MR) is 82.9 cm³/mol. The summed E-state index contributed by atoms with van der Waals surface area (Å²) >= 11 is 2.30. The van der Waals surface area contributed by atoms with Crippen LogP contribution in [0.3, 0.4) is 0 Å². The molecule has 7 heteroatoms. The first-order valence-electron chi connectivity index (χ1n) is 5.20. The number of hydrogen-bond acceptors (Lipinski definition) is 4. The van der Waals surface area contributed by atoms with Gasteiger partial charge in [-0.25, -0.2) is 14.4 Å². The van der Waals surface area contributed by atoms with Gasteiger partial charge in [0.1, 0.15) is 0 Å². The Morgan fingerprint density at radius 2 is 2.11 bits per heavy atom. The fourth-order valence-corrected chi connectivity index (χ4v) is 2.82. The molecule has 3 rings (SSSR count). The summed E-state index contributed by atoms with van der Waals surface area (Å²) in [4.78, 5) is 8.21. The zero-order chi connectivity index (χ0) is 12.5. The molecule has 2 aromatic heterocycles. The van der Waals surface area contributed by atoms with Crippen LogP contribution < -0.4 is 5.73 Å². The van der Waals surface area contributed by atoms with Crippen LogP contribution >= 0.6 is 28.4 Å². The number of nitrogens with two attached hydrogens (primary N) is 1. The van der Waals surface area contributed by atoms with E-state index in [1.54, 1.807) is 6.20 Å². The van der Waals surface area contributed by atoms with Gasteiger partial charge in [-0.2, -0.15) is 5.10 Å². The van der Waals surface area contributed by atoms with Gasteiger partial charge in [-0.05, 0) is 33.7 Å². The molecule has 0 amide bonds. The van der Waals surface area contributed by atoms with Crippen LogP contribution in [0.25, 0.3) is 22.0 Å². The van der Waals surface area contributed by atoms with E-state index in [-0.39, 0.29) is 0 Å². The van der Waals surface area contributed by atoms with Crippen molar-refractivity contribution >= 4 is 45.3 Å². The van der Waals surface area contributed by atoms with Gasteiger partial charge in [-0.1, -0.05) is 12.1 Å². The minimum atomic E-state index is 0.295. The minimum Gasteiger partial charge on any atom is -0.368 e. The summed E-state index contributed by atoms with van der Waals surface area (Å²) in [6.45, 7) is 0. The Morgan fingerprint density at radius 3 is 2.89 bits per heavy atom. The monoisotopic (exact) mass is 369 g/mol. The van der Waals surface area contributed by atoms with Crippen molar-refractivity contribution in [2.75, 3.05) is 5.73 Å². The Hall–Kier alpha value is -1.27. The van der Waals surface area contributed by atoms with Gasteiger partial charge in [-0.15, -0.1) is 0 Å². The van der Waals surface area contributed by atoms with Gasteiger partial charge < -0.3 is 5.73 Å². The normalized spacial score (nSPS) is 11.6. The van der Waals surface area contributed by atoms with Crippen molar-refractivity contribution in [2.45, 2.75) is 0 Å². The first-order valence-corrected chi connectivity index (χ1v) is 9.26. The molecule has 1 unspecified atom stereocenters. The topological polar surface area (TPSA) is 69.6 Å². The maximum absolute atomic E-state index is 5.60. The summed E-state index contributed by atoms with van der Waals surface area (Å²) in [5.41, 5.74) is 8.62. The highest BCUT2D eigenvalue weighted by Gasteiger charge is 2.04. The number of anilines is 1. The predicted octanol–water partition coefficient (Wildman–Crippen LogP) is 2.87. The molecule has 0 aliphatic heterocycles. The van der Waals surface area contributed by atoms with Crippen LogP contribution in [-0.2, 0) is 0 Å². The van der Waals surface area contributed by atoms with Crippen molar-refractivity contribution in [3.05, 3.63) is 36.8 Å². The van der Waals surface area contributed by atoms with Crippen LogP contribution in [0.2, 0.25) is 0 Å². The van der Waals surface area contributed by atoms with E-state index in [2.05, 4.69) is 37.1 Å². The van der Waals surface area contributed by atoms with Crippen LogP contribution in [0.4, 0.5) is 5.95 Å². The Morgan fingerprint density at radius 1 is 1.22 bits per heavy atom. The maximum atomic E-state index is 5.60. The second kappa shape index (κ2) is 4.78. The molecule has 0 spiro atoms. The largest absolute Gasteiger partial charge is 0.368 e. The average Bonchev–Trinajstić information content (AvgIpc) is 2.86. The number of halogens is 1. The van der Waals surface area contributed by atoms with Gasteiger partial charge in [0.25, 0.3) is 0 Å². The zero-order valence-electron chi connectivity index (χ0n) is 9.21. The second-order valence-electron chi connectivity index (χ2n) is 3.76. The molecule has 1 atom stereocenters. The summed E-state index contributed by atoms with van der Waals surface area (Å²) in [6.07, 6.45) is 6.22. The molecule has 1 aromatic carbocycles. The number of rotatable bonds is 2. The molecule has 0 bridgehead atoms. The van der Waals surface area contributed by atoms with E-state index in [0.717, 1.165) is 22.0 Å². The molecule has 90 valence electrons. The molecule has 0 aliphatic carbocycles. The number of fused-ring (bicyclic) bond motifs is 1. The Bertz CT molecular complexity index is 711. The fraction of sp³-hybridized carbons (Fsp3) is 0. The van der Waals surface area contributed by atoms with Crippen LogP contribution in [0.15, 0.2) is 36.8 Å². The SMILES string of the molecule is Nc1ncc2ccc(-c3cnn(PI)c3)cc2n1. The molecule has 0 fully saturated rings. The summed E-state index contributed by atoms with van der Waals surface area (Å²) in [7, 11) is 0. The molecule has 18 heavy (non-hydrogen) atoms. The number of nitrogen functional groups attached to an aromatic ring is 1. The molecule has 0 radical (unpaired) electrons. The van der Waals surface area contributed by atoms with Gasteiger partial charge in [0.2, 0.25) is 5.95 Å². The molecule has 0 saturated heterocycles. The highest BCUT2D eigenvalue weighted by atomic mass is 127. The lowest BCUT2D eigenvalue weighted by atomic mass is 10.1. The molecule has 0 saturated carbocycles. The number of nitrogens with zero attached hydrogens (tertiary/aromatic N) is 4. The highest BCUT2D eigenvalue weighted by Crippen LogP contribution is 2.28. The van der Waals surface area contributed by atoms with Crippen LogP contribution in [-0.4, -0.2) is 19.5 Å². The molecule has 3 aromatic rings. The van der Waals surface area contributed by atoms with Gasteiger partial charge >= 0.3 is 0 Å². The molecular formula is C11H9IN5P. The van der Waals surface area contributed by atoms with Crippen molar-refractivity contribution in [1.82, 2.24) is 19.5 Å². The average molecular weight is 369 g/mol. The van der Waals surface area contributed by atoms with Crippen LogP contribution in [0.1, 0.15) is 0 Å². The van der Waals surface area contributed by atoms with Crippen molar-refractivity contribution in [2.24, 2.45) is 0 Å². The van der Waals surface area contributed by atoms with Gasteiger partial charge in [0.15, 0.2) is 0 Å². The van der Waals surface area contributed by atoms with E-state index >= 15 is 0 Å². The lowest BCUT2D eigenvalue weighted by Gasteiger charge is -2.01. The Labute approximate surface area is 118 Å². The summed E-state index contributed by atoms with van der Waals surface area (Å²) < 4.78 is 1.91. The Balaban J connectivity index is 2.12. The van der Waals surface area contributed by atoms with Crippen molar-refractivity contribution in [3.63, 3.8) is 0 Å². The summed E-state index contributed by atoms with van der Waals surface area (Å²) in [5.74, 6) is 0.295. The van der Waals surface area contributed by atoms with Crippen molar-refractivity contribution in [3.8, 4) is 11.1 Å². The third kappa shape index (κ3) is 2.18. The minimum absolute atomic E-state index is 0.295. The third-order valence-electron chi connectivity index (χ3n) is 2.60. The molecule has 2 N–H and O–H groups in total. The smallest absolute Gasteiger partial charge is 0.220 e. The first-order chi connectivity index (χ1) is 8.76. The fourth-order valence-electron chi connectivity index (χ4n) is 1.74. The van der Waals surface area contributed by atoms with Crippen molar-refractivity contribution in [1.29, 1.82) is 0 Å². The third-order valence-corrected chi connectivity index (χ3v) is 4.50. The van der Waals surface area contributed by atoms with E-state index in [1.165, 1.54) is 0 Å². The number of hydrogen-bond donors (Lipinski definition) is 1. The second-order valence-corrected chi connectivity index (χ2v) is 5.83. The summed E-state index contributed by atoms with van der Waals surface area (Å²) in [5, 5.41) is 5.26. The van der Waals surface area contributed by atoms with Crippen LogP contribution in [0.5, 0.6) is 0 Å². The Kier molecular flexibility index (Phi) is 3.13. The van der Waals surface area contributed by atoms with E-state index in [4.69, 9.17) is 5.73 Å². The zero-order valence-corrected chi connectivity index (χ0v) is 12.4. The lowest BCUT2D eigenvalue weighted by Crippen LogP contribution is -1.93. The molecular weight excluding hydrogens is 360 g/mol. The lowest BCUT2D eigenvalue weighted by molar-refractivity contribution is 1.01. The van der Waals surface area contributed by atoms with Crippen LogP contribution in [0, 0.1) is 0 Å². The quantitative estimate of drug-likeness (QED) is 0.557. The first kappa shape index (κ1) is 11.8. The van der Waals surface area contributed by atoms with E-state index in [9.17, 15) is 0 Å². The standard InChI is InChI=1S/C11H9IN5P/c12-18-17-6-9(5-15-17)7-1-2-8-4-14-11(13)16-10(8)3-7/h1-6,18H,(H2,13,14,16). The van der Waals surface area contributed by atoms with Gasteiger partial charge in [0, 0.05) is 23.3 Å². The van der Waals surface area contributed by atoms with E-state index in [1.807, 2.05) is 35.0 Å². The number of aromatic nitrogens is 4. The van der Waals surface area contributed by atoms with E-state index in [0.29, 0.717) is 12.3 Å². The number of benzene rings is 1.